The number of esters is 1. The molecule has 0 aliphatic heterocycles. The fourth-order valence-corrected chi connectivity index (χ4v) is 3.61. The van der Waals surface area contributed by atoms with Gasteiger partial charge in [-0.2, -0.15) is 10.2 Å². The number of hydrogen-bond donors (Lipinski definition) is 1. The Labute approximate surface area is 159 Å². The van der Waals surface area contributed by atoms with Crippen molar-refractivity contribution in [2.24, 2.45) is 0 Å². The predicted octanol–water partition coefficient (Wildman–Crippen LogP) is 3.37. The Balaban J connectivity index is 1.49. The van der Waals surface area contributed by atoms with Crippen LogP contribution in [-0.4, -0.2) is 37.4 Å². The molecule has 0 unspecified atom stereocenters. The number of carbonyl (C=O) groups excluding carboxylic acids is 1. The van der Waals surface area contributed by atoms with Crippen molar-refractivity contribution in [1.29, 1.82) is 0 Å². The minimum absolute atomic E-state index is 0.317. The highest BCUT2D eigenvalue weighted by Crippen LogP contribution is 2.27. The number of hydrogen-bond acceptors (Lipinski definition) is 6. The van der Waals surface area contributed by atoms with Gasteiger partial charge in [0.2, 0.25) is 0 Å². The summed E-state index contributed by atoms with van der Waals surface area (Å²) in [6.07, 6.45) is 4.08. The van der Waals surface area contributed by atoms with Crippen LogP contribution in [0.25, 0.3) is 5.52 Å². The normalized spacial score (nSPS) is 11.0. The van der Waals surface area contributed by atoms with Gasteiger partial charge in [0.1, 0.15) is 11.4 Å². The van der Waals surface area contributed by atoms with Gasteiger partial charge in [-0.15, -0.1) is 0 Å². The third-order valence-electron chi connectivity index (χ3n) is 3.95. The van der Waals surface area contributed by atoms with Crippen molar-refractivity contribution in [1.82, 2.24) is 24.8 Å². The summed E-state index contributed by atoms with van der Waals surface area (Å²) in [7, 11) is 0. The van der Waals surface area contributed by atoms with E-state index >= 15 is 0 Å². The highest BCUT2D eigenvalue weighted by Gasteiger charge is 2.11. The highest BCUT2D eigenvalue weighted by molar-refractivity contribution is 7.99. The van der Waals surface area contributed by atoms with E-state index in [2.05, 4.69) is 20.3 Å². The summed E-state index contributed by atoms with van der Waals surface area (Å²) in [4.78, 5) is 17.2. The van der Waals surface area contributed by atoms with E-state index < -0.39 is 0 Å². The van der Waals surface area contributed by atoms with Crippen LogP contribution in [0, 0.1) is 0 Å². The van der Waals surface area contributed by atoms with Gasteiger partial charge in [-0.05, 0) is 43.3 Å². The van der Waals surface area contributed by atoms with E-state index in [1.165, 1.54) is 11.8 Å². The van der Waals surface area contributed by atoms with Gasteiger partial charge in [0.05, 0.1) is 23.4 Å². The van der Waals surface area contributed by atoms with Crippen LogP contribution in [0.1, 0.15) is 28.7 Å². The number of nitrogens with one attached hydrogen (secondary N) is 1. The largest absolute Gasteiger partial charge is 0.462 e. The molecule has 0 atom stereocenters. The smallest absolute Gasteiger partial charge is 0.338 e. The molecule has 0 radical (unpaired) electrons. The zero-order valence-electron chi connectivity index (χ0n) is 14.6. The number of aromatic nitrogens is 5. The van der Waals surface area contributed by atoms with E-state index in [0.717, 1.165) is 26.8 Å². The molecule has 0 saturated heterocycles. The number of rotatable bonds is 6. The zero-order valence-corrected chi connectivity index (χ0v) is 15.4. The molecule has 1 aromatic carbocycles. The van der Waals surface area contributed by atoms with Crippen LogP contribution in [0.15, 0.2) is 64.9 Å². The van der Waals surface area contributed by atoms with Crippen LogP contribution in [0.5, 0.6) is 0 Å². The topological polar surface area (TPSA) is 85.2 Å². The van der Waals surface area contributed by atoms with Gasteiger partial charge in [-0.1, -0.05) is 17.8 Å². The molecule has 7 nitrogen and oxygen atoms in total. The van der Waals surface area contributed by atoms with Crippen molar-refractivity contribution < 1.29 is 9.53 Å². The van der Waals surface area contributed by atoms with Crippen molar-refractivity contribution in [3.05, 3.63) is 71.9 Å². The summed E-state index contributed by atoms with van der Waals surface area (Å²) in [6.45, 7) is 2.15. The lowest BCUT2D eigenvalue weighted by Crippen LogP contribution is -2.04. The Morgan fingerprint density at radius 1 is 1.26 bits per heavy atom. The van der Waals surface area contributed by atoms with Gasteiger partial charge >= 0.3 is 5.97 Å². The average Bonchev–Trinajstić information content (AvgIpc) is 3.32. The maximum absolute atomic E-state index is 11.9. The van der Waals surface area contributed by atoms with Crippen LogP contribution in [-0.2, 0) is 11.2 Å². The molecule has 27 heavy (non-hydrogen) atoms. The Bertz CT molecular complexity index is 1090. The summed E-state index contributed by atoms with van der Waals surface area (Å²) in [6, 6.07) is 13.3. The minimum Gasteiger partial charge on any atom is -0.462 e. The predicted molar refractivity (Wildman–Crippen MR) is 101 cm³/mol. The Morgan fingerprint density at radius 3 is 3.07 bits per heavy atom. The van der Waals surface area contributed by atoms with Gasteiger partial charge in [0, 0.05) is 23.2 Å². The number of benzene rings is 1. The fraction of sp³-hybridized carbons (Fsp3) is 0.158. The minimum atomic E-state index is -0.317. The van der Waals surface area contributed by atoms with Crippen molar-refractivity contribution in [3.8, 4) is 0 Å². The third kappa shape index (κ3) is 3.85. The fourth-order valence-electron chi connectivity index (χ4n) is 2.74. The molecular weight excluding hydrogens is 362 g/mol. The molecule has 0 amide bonds. The van der Waals surface area contributed by atoms with Gasteiger partial charge in [0.15, 0.2) is 0 Å². The van der Waals surface area contributed by atoms with Crippen molar-refractivity contribution in [2.45, 2.75) is 23.3 Å². The summed E-state index contributed by atoms with van der Waals surface area (Å²) >= 11 is 1.49. The van der Waals surface area contributed by atoms with Crippen LogP contribution in [0.2, 0.25) is 0 Å². The third-order valence-corrected chi connectivity index (χ3v) is 4.85. The van der Waals surface area contributed by atoms with E-state index in [9.17, 15) is 4.79 Å². The SMILES string of the molecule is CCOC(=O)c1cccc(Sc2cc(Cc3ncnn4cccc34)[nH]n2)c1. The molecule has 0 saturated carbocycles. The highest BCUT2D eigenvalue weighted by atomic mass is 32.2. The first kappa shape index (κ1) is 17.3. The van der Waals surface area contributed by atoms with Crippen LogP contribution in [0.3, 0.4) is 0 Å². The van der Waals surface area contributed by atoms with Crippen LogP contribution in [0.4, 0.5) is 0 Å². The first-order chi connectivity index (χ1) is 13.2. The average molecular weight is 379 g/mol. The molecule has 0 spiro atoms. The molecule has 136 valence electrons. The molecule has 0 aliphatic carbocycles. The number of carbonyl (C=O) groups is 1. The number of H-pyrrole nitrogens is 1. The lowest BCUT2D eigenvalue weighted by atomic mass is 10.2. The quantitative estimate of drug-likeness (QED) is 0.517. The van der Waals surface area contributed by atoms with E-state index in [1.807, 2.05) is 42.6 Å². The molecule has 1 N–H and O–H groups in total. The first-order valence-electron chi connectivity index (χ1n) is 8.49. The second-order valence-corrected chi connectivity index (χ2v) is 6.90. The molecule has 0 bridgehead atoms. The maximum Gasteiger partial charge on any atom is 0.338 e. The van der Waals surface area contributed by atoms with E-state index in [4.69, 9.17) is 4.74 Å². The Morgan fingerprint density at radius 2 is 2.19 bits per heavy atom. The molecule has 0 aliphatic rings. The second kappa shape index (κ2) is 7.63. The lowest BCUT2D eigenvalue weighted by molar-refractivity contribution is 0.0526. The van der Waals surface area contributed by atoms with Crippen LogP contribution >= 0.6 is 11.8 Å². The number of ether oxygens (including phenoxy) is 1. The van der Waals surface area contributed by atoms with Gasteiger partial charge in [-0.3, -0.25) is 5.10 Å². The van der Waals surface area contributed by atoms with E-state index in [0.29, 0.717) is 18.6 Å². The molecule has 8 heteroatoms. The molecule has 3 heterocycles. The first-order valence-corrected chi connectivity index (χ1v) is 9.31. The second-order valence-electron chi connectivity index (χ2n) is 5.80. The Kier molecular flexibility index (Phi) is 4.88. The van der Waals surface area contributed by atoms with Crippen LogP contribution < -0.4 is 0 Å². The van der Waals surface area contributed by atoms with Gasteiger partial charge < -0.3 is 4.74 Å². The molecular formula is C19H17N5O2S. The monoisotopic (exact) mass is 379 g/mol. The van der Waals surface area contributed by atoms with Gasteiger partial charge in [0.25, 0.3) is 0 Å². The summed E-state index contributed by atoms with van der Waals surface area (Å²) in [5.41, 5.74) is 3.40. The molecule has 0 fully saturated rings. The summed E-state index contributed by atoms with van der Waals surface area (Å²) in [5, 5.41) is 12.4. The number of aromatic amines is 1. The number of fused-ring (bicyclic) bond motifs is 1. The van der Waals surface area contributed by atoms with E-state index in [1.54, 1.807) is 23.8 Å². The van der Waals surface area contributed by atoms with Crippen molar-refractivity contribution in [3.63, 3.8) is 0 Å². The zero-order chi connectivity index (χ0) is 18.6. The van der Waals surface area contributed by atoms with E-state index in [-0.39, 0.29) is 5.97 Å². The van der Waals surface area contributed by atoms with Gasteiger partial charge in [-0.25, -0.2) is 14.3 Å². The van der Waals surface area contributed by atoms with Crippen molar-refractivity contribution >= 4 is 23.2 Å². The molecule has 4 aromatic rings. The molecule has 4 rings (SSSR count). The Hall–Kier alpha value is -3.13. The summed E-state index contributed by atoms with van der Waals surface area (Å²) in [5.74, 6) is -0.317. The standard InChI is InChI=1S/C19H17N5O2S/c1-2-26-19(25)13-5-3-6-15(9-13)27-18-11-14(22-23-18)10-16-17-7-4-8-24(17)21-12-20-16/h3-9,11-12H,2,10H2,1H3,(H,22,23). The molecule has 3 aromatic heterocycles. The summed E-state index contributed by atoms with van der Waals surface area (Å²) < 4.78 is 6.85. The maximum atomic E-state index is 11.9. The van der Waals surface area contributed by atoms with Crippen molar-refractivity contribution in [2.75, 3.05) is 6.61 Å². The number of nitrogens with zero attached hydrogens (tertiary/aromatic N) is 4. The lowest BCUT2D eigenvalue weighted by Gasteiger charge is -2.03.